The van der Waals surface area contributed by atoms with Crippen molar-refractivity contribution in [3.05, 3.63) is 81.6 Å². The molecule has 0 saturated heterocycles. The molecule has 120 valence electrons. The van der Waals surface area contributed by atoms with Gasteiger partial charge in [-0.2, -0.15) is 0 Å². The van der Waals surface area contributed by atoms with Crippen LogP contribution in [0.3, 0.4) is 0 Å². The molecule has 5 heteroatoms. The number of rotatable bonds is 6. The standard InChI is InChI=1S/C19H15NO4/c21-12-24-11-18(22)14-6-7-17-16(9-14)19(23)15(10-20-17)8-13-4-2-1-3-5-13/h1-7,9-10,12H,8,11H2,(H,20,23). The fourth-order valence-electron chi connectivity index (χ4n) is 2.57. The number of ether oxygens (including phenoxy) is 1. The first-order chi connectivity index (χ1) is 11.7. The normalized spacial score (nSPS) is 10.5. The monoisotopic (exact) mass is 321 g/mol. The molecule has 0 aliphatic carbocycles. The Kier molecular flexibility index (Phi) is 4.52. The van der Waals surface area contributed by atoms with Crippen LogP contribution < -0.4 is 5.43 Å². The number of aromatic amines is 1. The molecule has 5 nitrogen and oxygen atoms in total. The van der Waals surface area contributed by atoms with Crippen molar-refractivity contribution in [3.8, 4) is 0 Å². The van der Waals surface area contributed by atoms with Gasteiger partial charge in [0.05, 0.1) is 0 Å². The molecule has 0 bridgehead atoms. The highest BCUT2D eigenvalue weighted by atomic mass is 16.5. The second kappa shape index (κ2) is 6.91. The van der Waals surface area contributed by atoms with Gasteiger partial charge in [0.25, 0.3) is 6.47 Å². The molecular formula is C19H15NO4. The van der Waals surface area contributed by atoms with E-state index in [0.29, 0.717) is 28.5 Å². The summed E-state index contributed by atoms with van der Waals surface area (Å²) in [5, 5.41) is 0.445. The molecule has 0 unspecified atom stereocenters. The van der Waals surface area contributed by atoms with E-state index < -0.39 is 0 Å². The number of Topliss-reactive ketones (excluding diaryl/α,β-unsaturated/α-hetero) is 1. The Hall–Kier alpha value is -3.21. The quantitative estimate of drug-likeness (QED) is 0.559. The van der Waals surface area contributed by atoms with Gasteiger partial charge in [-0.15, -0.1) is 0 Å². The maximum absolute atomic E-state index is 12.7. The zero-order valence-corrected chi connectivity index (χ0v) is 12.8. The largest absolute Gasteiger partial charge is 0.459 e. The molecule has 2 aromatic carbocycles. The third kappa shape index (κ3) is 3.25. The van der Waals surface area contributed by atoms with E-state index in [1.165, 1.54) is 0 Å². The average Bonchev–Trinajstić information content (AvgIpc) is 2.63. The first-order valence-electron chi connectivity index (χ1n) is 7.46. The minimum Gasteiger partial charge on any atom is -0.459 e. The number of fused-ring (bicyclic) bond motifs is 1. The lowest BCUT2D eigenvalue weighted by atomic mass is 10.0. The number of benzene rings is 2. The number of nitrogens with one attached hydrogen (secondary N) is 1. The van der Waals surface area contributed by atoms with Gasteiger partial charge in [-0.05, 0) is 23.8 Å². The summed E-state index contributed by atoms with van der Waals surface area (Å²) in [6.07, 6.45) is 2.22. The van der Waals surface area contributed by atoms with Gasteiger partial charge in [0, 0.05) is 34.6 Å². The topological polar surface area (TPSA) is 76.2 Å². The smallest absolute Gasteiger partial charge is 0.293 e. The second-order valence-electron chi connectivity index (χ2n) is 5.40. The lowest BCUT2D eigenvalue weighted by Gasteiger charge is -2.06. The van der Waals surface area contributed by atoms with E-state index in [9.17, 15) is 14.4 Å². The van der Waals surface area contributed by atoms with Crippen molar-refractivity contribution < 1.29 is 14.3 Å². The molecule has 1 N–H and O–H groups in total. The number of pyridine rings is 1. The Bertz CT molecular complexity index is 944. The van der Waals surface area contributed by atoms with Gasteiger partial charge < -0.3 is 9.72 Å². The first-order valence-corrected chi connectivity index (χ1v) is 7.46. The molecule has 0 atom stereocenters. The van der Waals surface area contributed by atoms with Crippen molar-refractivity contribution >= 4 is 23.2 Å². The molecule has 24 heavy (non-hydrogen) atoms. The zero-order valence-electron chi connectivity index (χ0n) is 12.8. The Balaban J connectivity index is 1.99. The summed E-state index contributed by atoms with van der Waals surface area (Å²) in [5.74, 6) is -0.350. The van der Waals surface area contributed by atoms with Crippen LogP contribution in [0.5, 0.6) is 0 Å². The van der Waals surface area contributed by atoms with Crippen molar-refractivity contribution in [1.29, 1.82) is 0 Å². The number of hydrogen-bond acceptors (Lipinski definition) is 4. The summed E-state index contributed by atoms with van der Waals surface area (Å²) in [5.41, 5.74) is 2.55. The fraction of sp³-hybridized carbons (Fsp3) is 0.105. The van der Waals surface area contributed by atoms with Crippen LogP contribution >= 0.6 is 0 Å². The van der Waals surface area contributed by atoms with Crippen LogP contribution in [0.1, 0.15) is 21.5 Å². The van der Waals surface area contributed by atoms with Crippen molar-refractivity contribution in [1.82, 2.24) is 4.98 Å². The molecule has 0 aliphatic rings. The van der Waals surface area contributed by atoms with E-state index in [2.05, 4.69) is 9.72 Å². The molecule has 1 aromatic heterocycles. The molecule has 3 aromatic rings. The number of H-pyrrole nitrogens is 1. The molecule has 0 radical (unpaired) electrons. The van der Waals surface area contributed by atoms with Crippen molar-refractivity contribution in [3.63, 3.8) is 0 Å². The summed E-state index contributed by atoms with van der Waals surface area (Å²) in [6.45, 7) is -0.111. The van der Waals surface area contributed by atoms with Crippen molar-refractivity contribution in [2.45, 2.75) is 6.42 Å². The van der Waals surface area contributed by atoms with Crippen LogP contribution in [0.25, 0.3) is 10.9 Å². The zero-order chi connectivity index (χ0) is 16.9. The van der Waals surface area contributed by atoms with Crippen LogP contribution in [-0.2, 0) is 16.0 Å². The third-order valence-electron chi connectivity index (χ3n) is 3.80. The predicted molar refractivity (Wildman–Crippen MR) is 90.2 cm³/mol. The highest BCUT2D eigenvalue weighted by molar-refractivity contribution is 6.00. The molecule has 0 aliphatic heterocycles. The molecule has 1 heterocycles. The van der Waals surface area contributed by atoms with E-state index in [1.807, 2.05) is 30.3 Å². The van der Waals surface area contributed by atoms with Crippen molar-refractivity contribution in [2.75, 3.05) is 6.61 Å². The summed E-state index contributed by atoms with van der Waals surface area (Å²) in [6, 6.07) is 14.5. The third-order valence-corrected chi connectivity index (χ3v) is 3.80. The molecule has 0 amide bonds. The van der Waals surface area contributed by atoms with E-state index in [-0.39, 0.29) is 24.3 Å². The predicted octanol–water partition coefficient (Wildman–Crippen LogP) is 2.47. The maximum atomic E-state index is 12.7. The Morgan fingerprint density at radius 2 is 1.92 bits per heavy atom. The minimum atomic E-state index is -0.350. The van der Waals surface area contributed by atoms with Crippen molar-refractivity contribution in [2.24, 2.45) is 0 Å². The molecular weight excluding hydrogens is 306 g/mol. The van der Waals surface area contributed by atoms with Gasteiger partial charge in [0.1, 0.15) is 0 Å². The lowest BCUT2D eigenvalue weighted by Crippen LogP contribution is -2.13. The van der Waals surface area contributed by atoms with Crippen LogP contribution in [0.15, 0.2) is 59.5 Å². The van der Waals surface area contributed by atoms with Gasteiger partial charge in [-0.25, -0.2) is 0 Å². The van der Waals surface area contributed by atoms with E-state index in [4.69, 9.17) is 0 Å². The van der Waals surface area contributed by atoms with Gasteiger partial charge >= 0.3 is 0 Å². The van der Waals surface area contributed by atoms with Gasteiger partial charge in [-0.1, -0.05) is 30.3 Å². The summed E-state index contributed by atoms with van der Waals surface area (Å²) in [4.78, 5) is 37.9. The Morgan fingerprint density at radius 1 is 1.12 bits per heavy atom. The molecule has 3 rings (SSSR count). The number of carbonyl (C=O) groups is 2. The summed E-state index contributed by atoms with van der Waals surface area (Å²) < 4.78 is 4.48. The fourth-order valence-corrected chi connectivity index (χ4v) is 2.57. The van der Waals surface area contributed by atoms with Crippen LogP contribution in [-0.4, -0.2) is 23.8 Å². The highest BCUT2D eigenvalue weighted by Crippen LogP contribution is 2.14. The number of hydrogen-bond donors (Lipinski definition) is 1. The Morgan fingerprint density at radius 3 is 2.67 bits per heavy atom. The molecule has 0 saturated carbocycles. The van der Waals surface area contributed by atoms with Crippen LogP contribution in [0.2, 0.25) is 0 Å². The lowest BCUT2D eigenvalue weighted by molar-refractivity contribution is -0.127. The number of aromatic nitrogens is 1. The second-order valence-corrected chi connectivity index (χ2v) is 5.40. The van der Waals surface area contributed by atoms with E-state index >= 15 is 0 Å². The van der Waals surface area contributed by atoms with Gasteiger partial charge in [-0.3, -0.25) is 14.4 Å². The summed E-state index contributed by atoms with van der Waals surface area (Å²) in [7, 11) is 0. The molecule has 0 fully saturated rings. The van der Waals surface area contributed by atoms with Gasteiger partial charge in [0.2, 0.25) is 0 Å². The average molecular weight is 321 g/mol. The maximum Gasteiger partial charge on any atom is 0.293 e. The van der Waals surface area contributed by atoms with Crippen LogP contribution in [0.4, 0.5) is 0 Å². The van der Waals surface area contributed by atoms with Gasteiger partial charge in [0.15, 0.2) is 17.8 Å². The summed E-state index contributed by atoms with van der Waals surface area (Å²) >= 11 is 0. The number of ketones is 1. The highest BCUT2D eigenvalue weighted by Gasteiger charge is 2.11. The van der Waals surface area contributed by atoms with E-state index in [1.54, 1.807) is 24.4 Å². The SMILES string of the molecule is O=COCC(=O)c1ccc2[nH]cc(Cc3ccccc3)c(=O)c2c1. The Labute approximate surface area is 137 Å². The van der Waals surface area contributed by atoms with Crippen LogP contribution in [0, 0.1) is 0 Å². The first kappa shape index (κ1) is 15.7. The number of carbonyl (C=O) groups excluding carboxylic acids is 2. The minimum absolute atomic E-state index is 0.112. The molecule has 0 spiro atoms. The van der Waals surface area contributed by atoms with E-state index in [0.717, 1.165) is 5.56 Å².